The van der Waals surface area contributed by atoms with Gasteiger partial charge in [0.1, 0.15) is 5.75 Å². The van der Waals surface area contributed by atoms with E-state index in [4.69, 9.17) is 0 Å². The largest absolute Gasteiger partial charge is 0.506 e. The molecule has 3 aromatic rings. The Morgan fingerprint density at radius 3 is 2.45 bits per heavy atom. The summed E-state index contributed by atoms with van der Waals surface area (Å²) in [6, 6.07) is 13.9. The predicted octanol–water partition coefficient (Wildman–Crippen LogP) is 3.90. The SMILES string of the molecule is CC(C)CC(=O)Nc1ccc(CCCNC(CO)c2ccc(O)c3[nH]c(=O)ccc23)cc1.Cl. The molecule has 2 aromatic carbocycles. The lowest BCUT2D eigenvalue weighted by Crippen LogP contribution is -2.26. The molecule has 0 aliphatic rings. The molecule has 0 fully saturated rings. The summed E-state index contributed by atoms with van der Waals surface area (Å²) in [5, 5.41) is 26.9. The number of hydrogen-bond acceptors (Lipinski definition) is 5. The summed E-state index contributed by atoms with van der Waals surface area (Å²) in [5.41, 5.74) is 2.87. The lowest BCUT2D eigenvalue weighted by Gasteiger charge is -2.19. The van der Waals surface area contributed by atoms with Gasteiger partial charge < -0.3 is 25.8 Å². The highest BCUT2D eigenvalue weighted by Gasteiger charge is 2.15. The number of amides is 1. The summed E-state index contributed by atoms with van der Waals surface area (Å²) in [6.07, 6.45) is 2.23. The number of benzene rings is 2. The van der Waals surface area contributed by atoms with Crippen molar-refractivity contribution in [1.29, 1.82) is 0 Å². The van der Waals surface area contributed by atoms with Crippen LogP contribution in [0, 0.1) is 5.92 Å². The van der Waals surface area contributed by atoms with E-state index < -0.39 is 0 Å². The fourth-order valence-corrected chi connectivity index (χ4v) is 3.74. The van der Waals surface area contributed by atoms with Crippen LogP contribution in [-0.4, -0.2) is 34.3 Å². The fraction of sp³-hybridized carbons (Fsp3) is 0.360. The maximum absolute atomic E-state index is 11.9. The molecule has 178 valence electrons. The van der Waals surface area contributed by atoms with Gasteiger partial charge in [-0.2, -0.15) is 0 Å². The Morgan fingerprint density at radius 1 is 1.06 bits per heavy atom. The van der Waals surface area contributed by atoms with Crippen LogP contribution in [0.4, 0.5) is 5.69 Å². The van der Waals surface area contributed by atoms with Gasteiger partial charge in [-0.1, -0.05) is 32.0 Å². The van der Waals surface area contributed by atoms with Gasteiger partial charge in [0.2, 0.25) is 11.5 Å². The fourth-order valence-electron chi connectivity index (χ4n) is 3.74. The van der Waals surface area contributed by atoms with Crippen LogP contribution in [-0.2, 0) is 11.2 Å². The monoisotopic (exact) mass is 473 g/mol. The van der Waals surface area contributed by atoms with Crippen molar-refractivity contribution in [3.05, 3.63) is 70.0 Å². The second kappa shape index (κ2) is 12.4. The van der Waals surface area contributed by atoms with Crippen LogP contribution < -0.4 is 16.2 Å². The van der Waals surface area contributed by atoms with E-state index in [0.717, 1.165) is 24.1 Å². The normalized spacial score (nSPS) is 11.9. The number of H-pyrrole nitrogens is 1. The van der Waals surface area contributed by atoms with Crippen LogP contribution in [0.15, 0.2) is 53.3 Å². The second-order valence-electron chi connectivity index (χ2n) is 8.42. The molecule has 1 amide bonds. The number of carbonyl (C=O) groups is 1. The van der Waals surface area contributed by atoms with Crippen LogP contribution in [0.5, 0.6) is 5.75 Å². The van der Waals surface area contributed by atoms with Crippen molar-refractivity contribution in [3.63, 3.8) is 0 Å². The van der Waals surface area contributed by atoms with Gasteiger partial charge in [-0.3, -0.25) is 9.59 Å². The average molecular weight is 474 g/mol. The number of rotatable bonds is 10. The number of aromatic amines is 1. The molecule has 0 aliphatic carbocycles. The maximum Gasteiger partial charge on any atom is 0.248 e. The van der Waals surface area contributed by atoms with E-state index in [1.165, 1.54) is 17.7 Å². The number of pyridine rings is 1. The Morgan fingerprint density at radius 2 is 1.79 bits per heavy atom. The number of nitrogens with one attached hydrogen (secondary N) is 3. The Labute approximate surface area is 199 Å². The maximum atomic E-state index is 11.9. The summed E-state index contributed by atoms with van der Waals surface area (Å²) < 4.78 is 0. The molecule has 0 bridgehead atoms. The van der Waals surface area contributed by atoms with Crippen molar-refractivity contribution in [2.75, 3.05) is 18.5 Å². The third kappa shape index (κ3) is 7.32. The molecule has 0 aliphatic heterocycles. The highest BCUT2D eigenvalue weighted by atomic mass is 35.5. The number of aromatic nitrogens is 1. The first-order chi connectivity index (χ1) is 15.4. The number of hydrogen-bond donors (Lipinski definition) is 5. The quantitative estimate of drug-likeness (QED) is 0.286. The molecule has 7 nitrogen and oxygen atoms in total. The van der Waals surface area contributed by atoms with Crippen LogP contribution in [0.25, 0.3) is 10.9 Å². The molecule has 0 saturated carbocycles. The van der Waals surface area contributed by atoms with Crippen LogP contribution in [0.3, 0.4) is 0 Å². The molecular formula is C25H32ClN3O4. The van der Waals surface area contributed by atoms with E-state index >= 15 is 0 Å². The number of phenolic OH excluding ortho intramolecular Hbond substituents is 1. The molecule has 3 rings (SSSR count). The molecule has 1 aromatic heterocycles. The molecule has 0 spiro atoms. The third-order valence-corrected chi connectivity index (χ3v) is 5.33. The molecule has 33 heavy (non-hydrogen) atoms. The molecule has 1 atom stereocenters. The average Bonchev–Trinajstić information content (AvgIpc) is 2.75. The molecule has 0 radical (unpaired) electrons. The summed E-state index contributed by atoms with van der Waals surface area (Å²) >= 11 is 0. The zero-order valence-corrected chi connectivity index (χ0v) is 19.7. The predicted molar refractivity (Wildman–Crippen MR) is 134 cm³/mol. The summed E-state index contributed by atoms with van der Waals surface area (Å²) in [4.78, 5) is 26.1. The molecule has 0 saturated heterocycles. The van der Waals surface area contributed by atoms with Crippen LogP contribution in [0.1, 0.15) is 43.9 Å². The lowest BCUT2D eigenvalue weighted by molar-refractivity contribution is -0.116. The smallest absolute Gasteiger partial charge is 0.248 e. The van der Waals surface area contributed by atoms with Crippen LogP contribution in [0.2, 0.25) is 0 Å². The number of fused-ring (bicyclic) bond motifs is 1. The minimum absolute atomic E-state index is 0. The van der Waals surface area contributed by atoms with Gasteiger partial charge in [0.15, 0.2) is 0 Å². The van der Waals surface area contributed by atoms with Crippen molar-refractivity contribution < 1.29 is 15.0 Å². The van der Waals surface area contributed by atoms with Gasteiger partial charge >= 0.3 is 0 Å². The van der Waals surface area contributed by atoms with Gasteiger partial charge in [-0.05, 0) is 60.7 Å². The number of aliphatic hydroxyl groups is 1. The first-order valence-corrected chi connectivity index (χ1v) is 11.0. The summed E-state index contributed by atoms with van der Waals surface area (Å²) in [5.74, 6) is 0.353. The van der Waals surface area contributed by atoms with E-state index in [1.807, 2.05) is 38.1 Å². The van der Waals surface area contributed by atoms with Crippen molar-refractivity contribution in [2.45, 2.75) is 39.2 Å². The van der Waals surface area contributed by atoms with E-state index in [1.54, 1.807) is 12.1 Å². The van der Waals surface area contributed by atoms with Gasteiger partial charge in [0, 0.05) is 23.6 Å². The molecule has 1 heterocycles. The zero-order valence-electron chi connectivity index (χ0n) is 18.9. The minimum atomic E-state index is -0.317. The first-order valence-electron chi connectivity index (χ1n) is 11.0. The van der Waals surface area contributed by atoms with Crippen LogP contribution >= 0.6 is 12.4 Å². The van der Waals surface area contributed by atoms with Crippen molar-refractivity contribution in [3.8, 4) is 5.75 Å². The Kier molecular flexibility index (Phi) is 9.91. The molecule has 5 N–H and O–H groups in total. The highest BCUT2D eigenvalue weighted by molar-refractivity contribution is 5.90. The van der Waals surface area contributed by atoms with E-state index in [9.17, 15) is 19.8 Å². The molecular weight excluding hydrogens is 442 g/mol. The zero-order chi connectivity index (χ0) is 23.1. The second-order valence-corrected chi connectivity index (χ2v) is 8.42. The van der Waals surface area contributed by atoms with E-state index in [0.29, 0.717) is 29.8 Å². The first kappa shape index (κ1) is 26.4. The number of aromatic hydroxyl groups is 1. The Bertz CT molecular complexity index is 1110. The Hall–Kier alpha value is -2.87. The van der Waals surface area contributed by atoms with Gasteiger partial charge in [-0.15, -0.1) is 12.4 Å². The number of halogens is 1. The van der Waals surface area contributed by atoms with Gasteiger partial charge in [-0.25, -0.2) is 0 Å². The van der Waals surface area contributed by atoms with Gasteiger partial charge in [0.25, 0.3) is 0 Å². The van der Waals surface area contributed by atoms with Crippen molar-refractivity contribution in [1.82, 2.24) is 10.3 Å². The Balaban J connectivity index is 0.00000385. The van der Waals surface area contributed by atoms with E-state index in [-0.39, 0.29) is 42.3 Å². The lowest BCUT2D eigenvalue weighted by atomic mass is 10.0. The number of anilines is 1. The topological polar surface area (TPSA) is 114 Å². The number of aliphatic hydroxyl groups excluding tert-OH is 1. The number of phenols is 1. The van der Waals surface area contributed by atoms with E-state index in [2.05, 4.69) is 15.6 Å². The number of aryl methyl sites for hydroxylation is 1. The minimum Gasteiger partial charge on any atom is -0.506 e. The number of carbonyl (C=O) groups excluding carboxylic acids is 1. The summed E-state index contributed by atoms with van der Waals surface area (Å²) in [6.45, 7) is 4.61. The molecule has 8 heteroatoms. The van der Waals surface area contributed by atoms with Crippen molar-refractivity contribution >= 4 is 34.9 Å². The summed E-state index contributed by atoms with van der Waals surface area (Å²) in [7, 11) is 0. The van der Waals surface area contributed by atoms with Gasteiger partial charge in [0.05, 0.1) is 18.2 Å². The highest BCUT2D eigenvalue weighted by Crippen LogP contribution is 2.28. The standard InChI is InChI=1S/C25H31N3O4.ClH/c1-16(2)14-24(32)27-18-7-5-17(6-8-18)4-3-13-26-21(15-29)19-9-11-22(30)25-20(19)10-12-23(31)28-25;/h5-12,16,21,26,29-30H,3-4,13-15H2,1-2H3,(H,27,32)(H,28,31);1H. The molecule has 1 unspecified atom stereocenters. The van der Waals surface area contributed by atoms with Crippen molar-refractivity contribution in [2.24, 2.45) is 5.92 Å². The third-order valence-electron chi connectivity index (χ3n) is 5.33.